The van der Waals surface area contributed by atoms with Crippen LogP contribution in [0, 0.1) is 0 Å². The molecule has 0 saturated heterocycles. The topological polar surface area (TPSA) is 52.0 Å². The van der Waals surface area contributed by atoms with Crippen molar-refractivity contribution in [2.45, 2.75) is 20.4 Å². The third-order valence-electron chi connectivity index (χ3n) is 1.08. The number of benzene rings is 1. The van der Waals surface area contributed by atoms with Crippen LogP contribution < -0.4 is 11.5 Å². The third-order valence-corrected chi connectivity index (χ3v) is 1.08. The van der Waals surface area contributed by atoms with E-state index in [4.69, 9.17) is 5.73 Å². The summed E-state index contributed by atoms with van der Waals surface area (Å²) >= 11 is 0. The molecule has 0 aliphatic rings. The molecule has 2 nitrogen and oxygen atoms in total. The van der Waals surface area contributed by atoms with E-state index in [-0.39, 0.29) is 0 Å². The van der Waals surface area contributed by atoms with Gasteiger partial charge in [-0.05, 0) is 12.6 Å². The highest BCUT2D eigenvalue weighted by atomic mass is 14.5. The maximum absolute atomic E-state index is 5.35. The van der Waals surface area contributed by atoms with E-state index in [0.717, 1.165) is 0 Å². The molecule has 1 aromatic carbocycles. The first kappa shape index (κ1) is 13.7. The lowest BCUT2D eigenvalue weighted by Crippen LogP contribution is -1.94. The van der Waals surface area contributed by atoms with Crippen molar-refractivity contribution in [1.29, 1.82) is 0 Å². The van der Waals surface area contributed by atoms with Gasteiger partial charge in [0.15, 0.2) is 0 Å². The van der Waals surface area contributed by atoms with Crippen molar-refractivity contribution in [3.8, 4) is 0 Å². The molecule has 1 aromatic rings. The SMILES string of the molecule is CC.CN.NCc1ccccc1. The van der Waals surface area contributed by atoms with Crippen molar-refractivity contribution in [3.05, 3.63) is 35.9 Å². The minimum atomic E-state index is 0.640. The maximum atomic E-state index is 5.35. The van der Waals surface area contributed by atoms with Gasteiger partial charge in [-0.15, -0.1) is 0 Å². The molecule has 2 heteroatoms. The summed E-state index contributed by atoms with van der Waals surface area (Å²) in [5, 5.41) is 0. The monoisotopic (exact) mass is 168 g/mol. The zero-order valence-electron chi connectivity index (χ0n) is 8.25. The fourth-order valence-corrected chi connectivity index (χ4v) is 0.614. The van der Waals surface area contributed by atoms with E-state index in [1.165, 1.54) is 12.6 Å². The Labute approximate surface area is 75.6 Å². The molecule has 0 fully saturated rings. The third kappa shape index (κ3) is 7.25. The summed E-state index contributed by atoms with van der Waals surface area (Å²) in [7, 11) is 1.50. The number of nitrogens with two attached hydrogens (primary N) is 2. The van der Waals surface area contributed by atoms with Crippen LogP contribution in [-0.4, -0.2) is 7.05 Å². The molecule has 1 rings (SSSR count). The summed E-state index contributed by atoms with van der Waals surface area (Å²) < 4.78 is 0. The normalized spacial score (nSPS) is 7.08. The molecule has 12 heavy (non-hydrogen) atoms. The smallest absolute Gasteiger partial charge is 0.0178 e. The number of hydrogen-bond donors (Lipinski definition) is 2. The highest BCUT2D eigenvalue weighted by molar-refractivity contribution is 5.13. The van der Waals surface area contributed by atoms with Crippen LogP contribution in [0.25, 0.3) is 0 Å². The van der Waals surface area contributed by atoms with Crippen LogP contribution >= 0.6 is 0 Å². The molecular weight excluding hydrogens is 148 g/mol. The Balaban J connectivity index is 0. The number of hydrogen-bond acceptors (Lipinski definition) is 2. The average molecular weight is 168 g/mol. The van der Waals surface area contributed by atoms with Gasteiger partial charge < -0.3 is 11.5 Å². The lowest BCUT2D eigenvalue weighted by molar-refractivity contribution is 1.07. The largest absolute Gasteiger partial charge is 0.333 e. The first-order chi connectivity index (χ1) is 5.93. The van der Waals surface area contributed by atoms with Crippen LogP contribution in [0.4, 0.5) is 0 Å². The molecule has 0 atom stereocenters. The molecule has 70 valence electrons. The van der Waals surface area contributed by atoms with Crippen LogP contribution in [0.1, 0.15) is 19.4 Å². The minimum absolute atomic E-state index is 0.640. The Morgan fingerprint density at radius 3 is 1.67 bits per heavy atom. The molecule has 0 unspecified atom stereocenters. The van der Waals surface area contributed by atoms with Crippen molar-refractivity contribution in [2.75, 3.05) is 7.05 Å². The standard InChI is InChI=1S/C7H9N.C2H6.CH5N/c8-6-7-4-2-1-3-5-7;2*1-2/h1-5H,6,8H2;1-2H3;2H2,1H3. The van der Waals surface area contributed by atoms with Crippen molar-refractivity contribution in [3.63, 3.8) is 0 Å². The fraction of sp³-hybridized carbons (Fsp3) is 0.400. The average Bonchev–Trinajstić information content (AvgIpc) is 2.25. The summed E-state index contributed by atoms with van der Waals surface area (Å²) in [5.41, 5.74) is 11.0. The lowest BCUT2D eigenvalue weighted by Gasteiger charge is -1.90. The van der Waals surface area contributed by atoms with E-state index < -0.39 is 0 Å². The lowest BCUT2D eigenvalue weighted by atomic mass is 10.2. The van der Waals surface area contributed by atoms with Crippen molar-refractivity contribution < 1.29 is 0 Å². The van der Waals surface area contributed by atoms with Crippen LogP contribution in [0.2, 0.25) is 0 Å². The maximum Gasteiger partial charge on any atom is 0.0178 e. The number of rotatable bonds is 1. The molecule has 0 aliphatic heterocycles. The second kappa shape index (κ2) is 12.8. The molecule has 0 amide bonds. The van der Waals surface area contributed by atoms with E-state index >= 15 is 0 Å². The van der Waals surface area contributed by atoms with E-state index in [1.54, 1.807) is 0 Å². The zero-order chi connectivity index (χ0) is 9.82. The highest BCUT2D eigenvalue weighted by Gasteiger charge is 1.80. The second-order valence-corrected chi connectivity index (χ2v) is 1.69. The van der Waals surface area contributed by atoms with Gasteiger partial charge in [0, 0.05) is 6.54 Å². The Morgan fingerprint density at radius 2 is 1.42 bits per heavy atom. The first-order valence-electron chi connectivity index (χ1n) is 4.25. The summed E-state index contributed by atoms with van der Waals surface area (Å²) in [5.74, 6) is 0. The first-order valence-corrected chi connectivity index (χ1v) is 4.25. The van der Waals surface area contributed by atoms with Crippen molar-refractivity contribution in [2.24, 2.45) is 11.5 Å². The summed E-state index contributed by atoms with van der Waals surface area (Å²) in [6.07, 6.45) is 0. The van der Waals surface area contributed by atoms with Gasteiger partial charge in [-0.25, -0.2) is 0 Å². The zero-order valence-corrected chi connectivity index (χ0v) is 8.25. The van der Waals surface area contributed by atoms with E-state index in [0.29, 0.717) is 6.54 Å². The van der Waals surface area contributed by atoms with Gasteiger partial charge in [0.05, 0.1) is 0 Å². The molecule has 0 aromatic heterocycles. The minimum Gasteiger partial charge on any atom is -0.333 e. The summed E-state index contributed by atoms with van der Waals surface area (Å²) in [4.78, 5) is 0. The predicted molar refractivity (Wildman–Crippen MR) is 55.8 cm³/mol. The van der Waals surface area contributed by atoms with Gasteiger partial charge in [0.1, 0.15) is 0 Å². The van der Waals surface area contributed by atoms with Crippen LogP contribution in [0.5, 0.6) is 0 Å². The van der Waals surface area contributed by atoms with Gasteiger partial charge in [-0.2, -0.15) is 0 Å². The fourth-order valence-electron chi connectivity index (χ4n) is 0.614. The highest BCUT2D eigenvalue weighted by Crippen LogP contribution is 1.94. The Bertz CT molecular complexity index is 149. The van der Waals surface area contributed by atoms with Gasteiger partial charge in [-0.3, -0.25) is 0 Å². The van der Waals surface area contributed by atoms with Crippen LogP contribution in [0.15, 0.2) is 30.3 Å². The van der Waals surface area contributed by atoms with Gasteiger partial charge >= 0.3 is 0 Å². The summed E-state index contributed by atoms with van der Waals surface area (Å²) in [6, 6.07) is 9.99. The molecule has 0 radical (unpaired) electrons. The summed E-state index contributed by atoms with van der Waals surface area (Å²) in [6.45, 7) is 4.64. The molecule has 0 heterocycles. The van der Waals surface area contributed by atoms with Crippen LogP contribution in [0.3, 0.4) is 0 Å². The predicted octanol–water partition coefficient (Wildman–Crippen LogP) is 1.75. The van der Waals surface area contributed by atoms with E-state index in [2.05, 4.69) is 5.73 Å². The Kier molecular flexibility index (Phi) is 14.6. The molecule has 0 aliphatic carbocycles. The van der Waals surface area contributed by atoms with Crippen molar-refractivity contribution >= 4 is 0 Å². The van der Waals surface area contributed by atoms with E-state index in [1.807, 2.05) is 44.2 Å². The van der Waals surface area contributed by atoms with Gasteiger partial charge in [-0.1, -0.05) is 44.2 Å². The molecule has 0 bridgehead atoms. The Hall–Kier alpha value is -0.860. The second-order valence-electron chi connectivity index (χ2n) is 1.69. The molecular formula is C10H20N2. The molecule has 0 spiro atoms. The van der Waals surface area contributed by atoms with Gasteiger partial charge in [0.2, 0.25) is 0 Å². The molecule has 4 N–H and O–H groups in total. The quantitative estimate of drug-likeness (QED) is 0.671. The van der Waals surface area contributed by atoms with Crippen LogP contribution in [-0.2, 0) is 6.54 Å². The van der Waals surface area contributed by atoms with E-state index in [9.17, 15) is 0 Å². The van der Waals surface area contributed by atoms with Crippen molar-refractivity contribution in [1.82, 2.24) is 0 Å². The Morgan fingerprint density at radius 1 is 1.00 bits per heavy atom. The molecule has 0 saturated carbocycles. The van der Waals surface area contributed by atoms with Gasteiger partial charge in [0.25, 0.3) is 0 Å².